The lowest BCUT2D eigenvalue weighted by Gasteiger charge is -2.24. The molecule has 2 fully saturated rings. The van der Waals surface area contributed by atoms with Crippen molar-refractivity contribution in [2.45, 2.75) is 31.3 Å². The number of carbonyl (C=O) groups excluding carboxylic acids is 3. The van der Waals surface area contributed by atoms with E-state index in [9.17, 15) is 18.8 Å². The van der Waals surface area contributed by atoms with Crippen LogP contribution in [-0.4, -0.2) is 75.8 Å². The van der Waals surface area contributed by atoms with Crippen LogP contribution in [0.4, 0.5) is 10.2 Å². The normalized spacial score (nSPS) is 20.3. The zero-order chi connectivity index (χ0) is 30.1. The second kappa shape index (κ2) is 12.2. The van der Waals surface area contributed by atoms with Crippen molar-refractivity contribution >= 4 is 50.4 Å². The fourth-order valence-electron chi connectivity index (χ4n) is 5.55. The minimum absolute atomic E-state index is 0.00588. The molecule has 0 saturated carbocycles. The third kappa shape index (κ3) is 6.14. The highest BCUT2D eigenvalue weighted by Crippen LogP contribution is 2.29. The number of alkyl halides is 1. The van der Waals surface area contributed by atoms with Gasteiger partial charge in [-0.2, -0.15) is 5.10 Å². The molecule has 4 heterocycles. The van der Waals surface area contributed by atoms with Crippen LogP contribution in [0.25, 0.3) is 22.0 Å². The van der Waals surface area contributed by atoms with E-state index in [0.29, 0.717) is 22.1 Å². The monoisotopic (exact) mass is 649 g/mol. The first-order chi connectivity index (χ1) is 20.8. The molecule has 0 aliphatic carbocycles. The van der Waals surface area contributed by atoms with Gasteiger partial charge in [-0.3, -0.25) is 19.1 Å². The first kappa shape index (κ1) is 28.9. The predicted molar refractivity (Wildman–Crippen MR) is 161 cm³/mol. The number of carbonyl (C=O) groups is 3. The average Bonchev–Trinajstić information content (AvgIpc) is 3.58. The number of aromatic nitrogens is 3. The lowest BCUT2D eigenvalue weighted by atomic mass is 10.00. The van der Waals surface area contributed by atoms with Gasteiger partial charge in [0.2, 0.25) is 11.8 Å². The number of primary amides is 1. The van der Waals surface area contributed by atoms with Gasteiger partial charge in [-0.1, -0.05) is 36.4 Å². The van der Waals surface area contributed by atoms with Gasteiger partial charge in [-0.15, -0.1) is 0 Å². The molecule has 2 aliphatic rings. The fourth-order valence-corrected chi connectivity index (χ4v) is 5.89. The summed E-state index contributed by atoms with van der Waals surface area (Å²) in [7, 11) is 0. The lowest BCUT2D eigenvalue weighted by molar-refractivity contribution is -0.137. The molecule has 11 nitrogen and oxygen atoms in total. The molecule has 0 spiro atoms. The van der Waals surface area contributed by atoms with Gasteiger partial charge in [-0.05, 0) is 56.9 Å². The van der Waals surface area contributed by atoms with Crippen molar-refractivity contribution in [2.75, 3.05) is 31.6 Å². The van der Waals surface area contributed by atoms with E-state index in [1.807, 2.05) is 36.4 Å². The number of pyridine rings is 1. The van der Waals surface area contributed by atoms with Crippen molar-refractivity contribution in [1.29, 1.82) is 0 Å². The van der Waals surface area contributed by atoms with E-state index in [1.54, 1.807) is 24.3 Å². The van der Waals surface area contributed by atoms with Gasteiger partial charge in [0.1, 0.15) is 29.2 Å². The van der Waals surface area contributed by atoms with Crippen molar-refractivity contribution in [3.8, 4) is 11.1 Å². The Morgan fingerprint density at radius 3 is 2.63 bits per heavy atom. The van der Waals surface area contributed by atoms with Gasteiger partial charge in [0, 0.05) is 24.9 Å². The third-order valence-corrected chi connectivity index (χ3v) is 8.09. The van der Waals surface area contributed by atoms with Crippen LogP contribution in [0.5, 0.6) is 0 Å². The molecular formula is C30H29BrFN7O4. The first-order valence-corrected chi connectivity index (χ1v) is 14.7. The van der Waals surface area contributed by atoms with Gasteiger partial charge >= 0.3 is 0 Å². The highest BCUT2D eigenvalue weighted by atomic mass is 79.9. The molecule has 4 aromatic rings. The number of rotatable bonds is 7. The minimum atomic E-state index is -1.36. The maximum absolute atomic E-state index is 14.5. The second-order valence-corrected chi connectivity index (χ2v) is 11.3. The summed E-state index contributed by atoms with van der Waals surface area (Å²) < 4.78 is 22.2. The van der Waals surface area contributed by atoms with Crippen LogP contribution >= 0.6 is 15.9 Å². The summed E-state index contributed by atoms with van der Waals surface area (Å²) >= 11 is 3.25. The van der Waals surface area contributed by atoms with Crippen LogP contribution < -0.4 is 16.4 Å². The molecule has 2 saturated heterocycles. The summed E-state index contributed by atoms with van der Waals surface area (Å²) in [6, 6.07) is 17.4. The molecule has 3 atom stereocenters. The number of halogens is 2. The summed E-state index contributed by atoms with van der Waals surface area (Å²) in [6.45, 7) is 1.72. The standard InChI is InChI=1S/C30H29BrFN7O4/c31-25-2-1-3-26(35-25)36-30(42)23-13-20(32)15-38(23)27(40)16-39-22-9-8-19(12-21(22)28(37-39)29(33)41)17-4-6-18(7-5-17)24-14-34-10-11-43-24/h1-9,12,20,23-24,34H,10-11,13-16H2,(H2,33,41)(H,35,36,42)/t20-,23+,24?/m1/s1. The number of hydrogen-bond acceptors (Lipinski definition) is 7. The Bertz CT molecular complexity index is 1690. The Balaban J connectivity index is 1.23. The van der Waals surface area contributed by atoms with E-state index in [0.717, 1.165) is 29.8 Å². The molecule has 6 rings (SSSR count). The SMILES string of the molecule is NC(=O)c1nn(CC(=O)N2C[C@H](F)C[C@H]2C(=O)Nc2cccc(Br)n2)c2ccc(-c3ccc(C4CNCCO4)cc3)cc12. The molecule has 13 heteroatoms. The van der Waals surface area contributed by atoms with E-state index < -0.39 is 29.9 Å². The molecule has 43 heavy (non-hydrogen) atoms. The van der Waals surface area contributed by atoms with Gasteiger partial charge in [-0.25, -0.2) is 9.37 Å². The summed E-state index contributed by atoms with van der Waals surface area (Å²) in [5, 5.41) is 10.8. The predicted octanol–water partition coefficient (Wildman–Crippen LogP) is 3.20. The van der Waals surface area contributed by atoms with Crippen LogP contribution in [0.3, 0.4) is 0 Å². The maximum Gasteiger partial charge on any atom is 0.269 e. The second-order valence-electron chi connectivity index (χ2n) is 10.5. The molecule has 222 valence electrons. The molecule has 0 bridgehead atoms. The molecule has 2 aromatic heterocycles. The van der Waals surface area contributed by atoms with Gasteiger partial charge in [0.05, 0.1) is 24.8 Å². The number of hydrogen-bond donors (Lipinski definition) is 3. The Morgan fingerprint density at radius 2 is 1.91 bits per heavy atom. The summed E-state index contributed by atoms with van der Waals surface area (Å²) in [5.41, 5.74) is 9.02. The number of amides is 3. The highest BCUT2D eigenvalue weighted by molar-refractivity contribution is 9.10. The quantitative estimate of drug-likeness (QED) is 0.261. The number of benzene rings is 2. The molecule has 2 aliphatic heterocycles. The third-order valence-electron chi connectivity index (χ3n) is 7.65. The van der Waals surface area contributed by atoms with Crippen LogP contribution in [0.15, 0.2) is 65.3 Å². The number of nitrogens with zero attached hydrogens (tertiary/aromatic N) is 4. The first-order valence-electron chi connectivity index (χ1n) is 13.9. The number of likely N-dealkylation sites (tertiary alicyclic amines) is 1. The van der Waals surface area contributed by atoms with Crippen molar-refractivity contribution < 1.29 is 23.5 Å². The fraction of sp³-hybridized carbons (Fsp3) is 0.300. The number of nitrogens with two attached hydrogens (primary N) is 1. The van der Waals surface area contributed by atoms with Gasteiger partial charge < -0.3 is 26.0 Å². The van der Waals surface area contributed by atoms with Crippen molar-refractivity contribution in [3.63, 3.8) is 0 Å². The number of morpholine rings is 1. The number of anilines is 1. The summed E-state index contributed by atoms with van der Waals surface area (Å²) in [6.07, 6.45) is -1.50. The van der Waals surface area contributed by atoms with E-state index in [2.05, 4.69) is 36.6 Å². The van der Waals surface area contributed by atoms with Crippen molar-refractivity contribution in [2.24, 2.45) is 5.73 Å². The highest BCUT2D eigenvalue weighted by Gasteiger charge is 2.40. The smallest absolute Gasteiger partial charge is 0.269 e. The molecule has 1 unspecified atom stereocenters. The Kier molecular flexibility index (Phi) is 8.19. The van der Waals surface area contributed by atoms with Gasteiger partial charge in [0.25, 0.3) is 5.91 Å². The van der Waals surface area contributed by atoms with E-state index in [-0.39, 0.29) is 37.1 Å². The molecule has 2 aromatic carbocycles. The Morgan fingerprint density at radius 1 is 1.12 bits per heavy atom. The van der Waals surface area contributed by atoms with Crippen molar-refractivity contribution in [3.05, 3.63) is 76.5 Å². The minimum Gasteiger partial charge on any atom is -0.371 e. The van der Waals surface area contributed by atoms with E-state index in [4.69, 9.17) is 10.5 Å². The average molecular weight is 651 g/mol. The van der Waals surface area contributed by atoms with Crippen LogP contribution in [0, 0.1) is 0 Å². The number of ether oxygens (including phenoxy) is 1. The summed E-state index contributed by atoms with van der Waals surface area (Å²) in [5.74, 6) is -1.51. The molecule has 3 amide bonds. The zero-order valence-corrected chi connectivity index (χ0v) is 24.6. The van der Waals surface area contributed by atoms with Crippen LogP contribution in [0.1, 0.15) is 28.6 Å². The van der Waals surface area contributed by atoms with Crippen molar-refractivity contribution in [1.82, 2.24) is 25.0 Å². The lowest BCUT2D eigenvalue weighted by Crippen LogP contribution is -2.44. The van der Waals surface area contributed by atoms with Gasteiger partial charge in [0.15, 0.2) is 5.69 Å². The maximum atomic E-state index is 14.5. The number of fused-ring (bicyclic) bond motifs is 1. The molecule has 0 radical (unpaired) electrons. The van der Waals surface area contributed by atoms with Crippen LogP contribution in [-0.2, 0) is 20.9 Å². The zero-order valence-electron chi connectivity index (χ0n) is 23.0. The molecule has 4 N–H and O–H groups in total. The largest absolute Gasteiger partial charge is 0.371 e. The Labute approximate surface area is 254 Å². The summed E-state index contributed by atoms with van der Waals surface area (Å²) in [4.78, 5) is 44.1. The number of nitrogens with one attached hydrogen (secondary N) is 2. The van der Waals surface area contributed by atoms with E-state index in [1.165, 1.54) is 9.58 Å². The van der Waals surface area contributed by atoms with Crippen LogP contribution in [0.2, 0.25) is 0 Å². The molecular weight excluding hydrogens is 621 g/mol. The Hall–Kier alpha value is -4.20. The topological polar surface area (TPSA) is 144 Å². The van der Waals surface area contributed by atoms with E-state index >= 15 is 0 Å².